The number of anilines is 1. The number of rotatable bonds is 7. The van der Waals surface area contributed by atoms with Gasteiger partial charge in [0.1, 0.15) is 5.75 Å². The number of ether oxygens (including phenoxy) is 1. The molecule has 0 saturated heterocycles. The Hall–Kier alpha value is -3.30. The number of carbonyl (C=O) groups excluding carboxylic acids is 3. The van der Waals surface area contributed by atoms with Crippen LogP contribution in [0.4, 0.5) is 5.69 Å². The van der Waals surface area contributed by atoms with Crippen molar-refractivity contribution in [3.8, 4) is 5.75 Å². The lowest BCUT2D eigenvalue weighted by atomic mass is 10.1. The first-order valence-electron chi connectivity index (χ1n) is 9.94. The van der Waals surface area contributed by atoms with E-state index in [-0.39, 0.29) is 36.0 Å². The number of benzene rings is 1. The maximum Gasteiger partial charge on any atom is 0.281 e. The van der Waals surface area contributed by atoms with Crippen molar-refractivity contribution in [2.75, 3.05) is 11.9 Å². The lowest BCUT2D eigenvalue weighted by Crippen LogP contribution is -2.31. The van der Waals surface area contributed by atoms with Gasteiger partial charge in [0.25, 0.3) is 5.91 Å². The van der Waals surface area contributed by atoms with Crippen LogP contribution in [0.5, 0.6) is 5.75 Å². The van der Waals surface area contributed by atoms with Crippen molar-refractivity contribution in [2.24, 2.45) is 5.10 Å². The fourth-order valence-corrected chi connectivity index (χ4v) is 4.93. The lowest BCUT2D eigenvalue weighted by Gasteiger charge is -2.21. The Kier molecular flexibility index (Phi) is 6.48. The number of hydrogen-bond acceptors (Lipinski definition) is 7. The van der Waals surface area contributed by atoms with Crippen molar-refractivity contribution in [1.29, 1.82) is 0 Å². The Morgan fingerprint density at radius 3 is 2.56 bits per heavy atom. The SMILES string of the molecule is CC(=O)Nc1ccc(C(C)=O)cc1OCC(=O)N1N=C(c2cccs2)CC1c1cccs1. The normalized spacial score (nSPS) is 15.4. The highest BCUT2D eigenvalue weighted by atomic mass is 32.1. The van der Waals surface area contributed by atoms with Crippen molar-refractivity contribution in [1.82, 2.24) is 5.01 Å². The van der Waals surface area contributed by atoms with Crippen molar-refractivity contribution in [3.05, 3.63) is 68.5 Å². The first-order valence-corrected chi connectivity index (χ1v) is 11.7. The van der Waals surface area contributed by atoms with Gasteiger partial charge in [-0.3, -0.25) is 14.4 Å². The summed E-state index contributed by atoms with van der Waals surface area (Å²) in [6, 6.07) is 12.4. The maximum atomic E-state index is 13.1. The van der Waals surface area contributed by atoms with Gasteiger partial charge in [-0.2, -0.15) is 5.10 Å². The highest BCUT2D eigenvalue weighted by molar-refractivity contribution is 7.12. The van der Waals surface area contributed by atoms with Crippen LogP contribution in [0.1, 0.15) is 46.4 Å². The number of amides is 2. The van der Waals surface area contributed by atoms with Gasteiger partial charge in [0.05, 0.1) is 22.3 Å². The Morgan fingerprint density at radius 2 is 1.91 bits per heavy atom. The zero-order valence-electron chi connectivity index (χ0n) is 17.5. The molecule has 3 heterocycles. The summed E-state index contributed by atoms with van der Waals surface area (Å²) in [5, 5.41) is 12.7. The van der Waals surface area contributed by atoms with Crippen molar-refractivity contribution < 1.29 is 19.1 Å². The van der Waals surface area contributed by atoms with E-state index in [4.69, 9.17) is 4.74 Å². The fourth-order valence-electron chi connectivity index (χ4n) is 3.39. The molecule has 1 aliphatic heterocycles. The maximum absolute atomic E-state index is 13.1. The monoisotopic (exact) mass is 467 g/mol. The second kappa shape index (κ2) is 9.46. The van der Waals surface area contributed by atoms with Crippen LogP contribution in [0.2, 0.25) is 0 Å². The minimum absolute atomic E-state index is 0.141. The average Bonchev–Trinajstić information content (AvgIpc) is 3.53. The fraction of sp³-hybridized carbons (Fsp3) is 0.217. The van der Waals surface area contributed by atoms with E-state index in [1.165, 1.54) is 24.9 Å². The Bertz CT molecular complexity index is 1170. The third kappa shape index (κ3) is 4.79. The van der Waals surface area contributed by atoms with E-state index >= 15 is 0 Å². The number of hydrogen-bond donors (Lipinski definition) is 1. The van der Waals surface area contributed by atoms with E-state index < -0.39 is 0 Å². The van der Waals surface area contributed by atoms with Gasteiger partial charge in [-0.1, -0.05) is 12.1 Å². The highest BCUT2D eigenvalue weighted by Crippen LogP contribution is 2.36. The molecule has 0 spiro atoms. The van der Waals surface area contributed by atoms with Crippen LogP contribution in [0.15, 0.2) is 58.3 Å². The third-order valence-corrected chi connectivity index (χ3v) is 6.79. The average molecular weight is 468 g/mol. The van der Waals surface area contributed by atoms with Gasteiger partial charge in [-0.15, -0.1) is 22.7 Å². The van der Waals surface area contributed by atoms with Gasteiger partial charge < -0.3 is 10.1 Å². The predicted octanol–water partition coefficient (Wildman–Crippen LogP) is 4.73. The van der Waals surface area contributed by atoms with Crippen LogP contribution in [0.25, 0.3) is 0 Å². The van der Waals surface area contributed by atoms with E-state index in [0.717, 1.165) is 15.5 Å². The minimum Gasteiger partial charge on any atom is -0.481 e. The molecular formula is C23H21N3O4S2. The molecule has 1 aromatic carbocycles. The van der Waals surface area contributed by atoms with Crippen LogP contribution in [-0.4, -0.2) is 34.9 Å². The second-order valence-corrected chi connectivity index (χ2v) is 9.16. The number of Topliss-reactive ketones (excluding diaryl/α,β-unsaturated/α-hetero) is 1. The minimum atomic E-state index is -0.308. The number of thiophene rings is 2. The van der Waals surface area contributed by atoms with Crippen molar-refractivity contribution in [2.45, 2.75) is 26.3 Å². The standard InChI is InChI=1S/C23H21N3O4S2/c1-14(27)16-7-8-17(24-15(2)28)20(11-16)30-13-23(29)26-19(22-6-4-10-32-22)12-18(25-26)21-5-3-9-31-21/h3-11,19H,12-13H2,1-2H3,(H,24,28). The van der Waals surface area contributed by atoms with Crippen molar-refractivity contribution in [3.63, 3.8) is 0 Å². The van der Waals surface area contributed by atoms with Crippen LogP contribution in [-0.2, 0) is 9.59 Å². The molecule has 0 saturated carbocycles. The topological polar surface area (TPSA) is 88.1 Å². The molecule has 7 nitrogen and oxygen atoms in total. The lowest BCUT2D eigenvalue weighted by molar-refractivity contribution is -0.135. The number of ketones is 1. The van der Waals surface area contributed by atoms with Gasteiger partial charge in [0, 0.05) is 23.8 Å². The number of hydrazone groups is 1. The van der Waals surface area contributed by atoms with Gasteiger partial charge in [-0.05, 0) is 48.0 Å². The van der Waals surface area contributed by atoms with Gasteiger partial charge in [-0.25, -0.2) is 5.01 Å². The first kappa shape index (κ1) is 21.9. The number of nitrogens with zero attached hydrogens (tertiary/aromatic N) is 2. The zero-order chi connectivity index (χ0) is 22.7. The molecule has 0 bridgehead atoms. The quantitative estimate of drug-likeness (QED) is 0.509. The smallest absolute Gasteiger partial charge is 0.281 e. The van der Waals surface area contributed by atoms with E-state index in [9.17, 15) is 14.4 Å². The molecule has 1 atom stereocenters. The van der Waals surface area contributed by atoms with Gasteiger partial charge in [0.2, 0.25) is 5.91 Å². The van der Waals surface area contributed by atoms with E-state index in [1.54, 1.807) is 34.8 Å². The zero-order valence-corrected chi connectivity index (χ0v) is 19.2. The van der Waals surface area contributed by atoms with Crippen LogP contribution < -0.4 is 10.1 Å². The molecule has 4 rings (SSSR count). The Labute approximate surface area is 193 Å². The highest BCUT2D eigenvalue weighted by Gasteiger charge is 2.34. The number of carbonyl (C=O) groups is 3. The van der Waals surface area contributed by atoms with E-state index in [2.05, 4.69) is 10.4 Å². The van der Waals surface area contributed by atoms with E-state index in [0.29, 0.717) is 17.7 Å². The molecule has 9 heteroatoms. The molecule has 0 aliphatic carbocycles. The predicted molar refractivity (Wildman–Crippen MR) is 126 cm³/mol. The van der Waals surface area contributed by atoms with Crippen molar-refractivity contribution >= 4 is 51.7 Å². The van der Waals surface area contributed by atoms with Crippen LogP contribution >= 0.6 is 22.7 Å². The summed E-state index contributed by atoms with van der Waals surface area (Å²) >= 11 is 3.17. The molecule has 2 amide bonds. The second-order valence-electron chi connectivity index (χ2n) is 7.23. The van der Waals surface area contributed by atoms with E-state index in [1.807, 2.05) is 35.0 Å². The summed E-state index contributed by atoms with van der Waals surface area (Å²) in [7, 11) is 0. The molecule has 1 aliphatic rings. The van der Waals surface area contributed by atoms with Crippen LogP contribution in [0.3, 0.4) is 0 Å². The molecule has 0 radical (unpaired) electrons. The first-order chi connectivity index (χ1) is 15.4. The molecule has 2 aromatic heterocycles. The molecule has 1 unspecified atom stereocenters. The molecule has 32 heavy (non-hydrogen) atoms. The Morgan fingerprint density at radius 1 is 1.12 bits per heavy atom. The summed E-state index contributed by atoms with van der Waals surface area (Å²) in [5.74, 6) is -0.468. The summed E-state index contributed by atoms with van der Waals surface area (Å²) in [4.78, 5) is 38.5. The molecule has 0 fully saturated rings. The van der Waals surface area contributed by atoms with Crippen LogP contribution in [0, 0.1) is 0 Å². The summed E-state index contributed by atoms with van der Waals surface area (Å²) in [5.41, 5.74) is 1.69. The molecule has 1 N–H and O–H groups in total. The van der Waals surface area contributed by atoms with Gasteiger partial charge in [0.15, 0.2) is 12.4 Å². The van der Waals surface area contributed by atoms with Gasteiger partial charge >= 0.3 is 0 Å². The number of nitrogens with one attached hydrogen (secondary N) is 1. The molecular weight excluding hydrogens is 446 g/mol. The molecule has 3 aromatic rings. The largest absolute Gasteiger partial charge is 0.481 e. The Balaban J connectivity index is 1.56. The summed E-state index contributed by atoms with van der Waals surface area (Å²) in [6.07, 6.45) is 0.629. The summed E-state index contributed by atoms with van der Waals surface area (Å²) in [6.45, 7) is 2.54. The molecule has 164 valence electrons. The summed E-state index contributed by atoms with van der Waals surface area (Å²) < 4.78 is 5.77. The third-order valence-electron chi connectivity index (χ3n) is 4.89.